The minimum Gasteiger partial charge on any atom is -0.338 e. The maximum absolute atomic E-state index is 13.3. The summed E-state index contributed by atoms with van der Waals surface area (Å²) >= 11 is 1.15. The van der Waals surface area contributed by atoms with Crippen LogP contribution in [0.3, 0.4) is 0 Å². The molecule has 0 saturated carbocycles. The largest absolute Gasteiger partial charge is 0.338 e. The molecule has 2 N–H and O–H groups in total. The summed E-state index contributed by atoms with van der Waals surface area (Å²) in [4.78, 5) is 26.9. The van der Waals surface area contributed by atoms with Crippen LogP contribution >= 0.6 is 11.3 Å². The number of likely N-dealkylation sites (tertiary alicyclic amines) is 1. The first-order chi connectivity index (χ1) is 15.1. The van der Waals surface area contributed by atoms with Crippen LogP contribution in [0.2, 0.25) is 0 Å². The minimum atomic E-state index is -0.453. The quantitative estimate of drug-likeness (QED) is 0.607. The number of hydrogen-bond acceptors (Lipinski definition) is 5. The summed E-state index contributed by atoms with van der Waals surface area (Å²) in [5.74, 6) is -0.887. The third kappa shape index (κ3) is 5.24. The van der Waals surface area contributed by atoms with E-state index in [0.717, 1.165) is 30.6 Å². The van der Waals surface area contributed by atoms with Gasteiger partial charge in [0.15, 0.2) is 0 Å². The molecule has 2 aromatic carbocycles. The number of amides is 3. The van der Waals surface area contributed by atoms with Gasteiger partial charge in [-0.05, 0) is 43.0 Å². The third-order valence-corrected chi connectivity index (χ3v) is 6.07. The number of nitrogens with one attached hydrogen (secondary N) is 2. The summed E-state index contributed by atoms with van der Waals surface area (Å²) in [5.41, 5.74) is 1.51. The first-order valence-electron chi connectivity index (χ1n) is 10.1. The number of nitrogens with zero attached hydrogens (tertiary/aromatic N) is 3. The van der Waals surface area contributed by atoms with Crippen molar-refractivity contribution < 1.29 is 14.0 Å². The van der Waals surface area contributed by atoms with Gasteiger partial charge in [-0.3, -0.25) is 4.79 Å². The molecule has 1 fully saturated rings. The lowest BCUT2D eigenvalue weighted by atomic mass is 10.1. The van der Waals surface area contributed by atoms with Crippen molar-refractivity contribution in [2.45, 2.75) is 25.3 Å². The van der Waals surface area contributed by atoms with E-state index in [0.29, 0.717) is 23.8 Å². The van der Waals surface area contributed by atoms with Crippen molar-refractivity contribution in [3.05, 3.63) is 76.0 Å². The van der Waals surface area contributed by atoms with Crippen LogP contribution in [-0.2, 0) is 6.42 Å². The fraction of sp³-hybridized carbons (Fsp3) is 0.273. The molecule has 1 aliphatic heterocycles. The van der Waals surface area contributed by atoms with E-state index < -0.39 is 11.7 Å². The second-order valence-corrected chi connectivity index (χ2v) is 8.24. The highest BCUT2D eigenvalue weighted by Crippen LogP contribution is 2.33. The molecule has 3 aromatic rings. The predicted molar refractivity (Wildman–Crippen MR) is 116 cm³/mol. The zero-order valence-corrected chi connectivity index (χ0v) is 17.6. The summed E-state index contributed by atoms with van der Waals surface area (Å²) < 4.78 is 13.3. The molecule has 31 heavy (non-hydrogen) atoms. The summed E-state index contributed by atoms with van der Waals surface area (Å²) in [5, 5.41) is 14.5. The Morgan fingerprint density at radius 2 is 1.97 bits per heavy atom. The topological polar surface area (TPSA) is 87.2 Å². The highest BCUT2D eigenvalue weighted by molar-refractivity contribution is 7.13. The Morgan fingerprint density at radius 3 is 2.77 bits per heavy atom. The Morgan fingerprint density at radius 1 is 1.13 bits per heavy atom. The summed E-state index contributed by atoms with van der Waals surface area (Å²) in [6.45, 7) is 1.18. The van der Waals surface area contributed by atoms with Gasteiger partial charge in [-0.15, -0.1) is 10.2 Å². The summed E-state index contributed by atoms with van der Waals surface area (Å²) in [6, 6.07) is 15.3. The second kappa shape index (κ2) is 9.65. The molecule has 9 heteroatoms. The monoisotopic (exact) mass is 439 g/mol. The van der Waals surface area contributed by atoms with Gasteiger partial charge in [0.1, 0.15) is 10.8 Å². The zero-order chi connectivity index (χ0) is 21.6. The number of rotatable bonds is 6. The van der Waals surface area contributed by atoms with Gasteiger partial charge < -0.3 is 15.5 Å². The van der Waals surface area contributed by atoms with E-state index >= 15 is 0 Å². The van der Waals surface area contributed by atoms with Gasteiger partial charge in [0.2, 0.25) is 5.01 Å². The molecule has 160 valence electrons. The lowest BCUT2D eigenvalue weighted by molar-refractivity contribution is 0.102. The Bertz CT molecular complexity index is 1060. The summed E-state index contributed by atoms with van der Waals surface area (Å²) in [6.07, 6.45) is 2.39. The Hall–Kier alpha value is -3.33. The first-order valence-corrected chi connectivity index (χ1v) is 10.9. The van der Waals surface area contributed by atoms with E-state index in [9.17, 15) is 14.0 Å². The van der Waals surface area contributed by atoms with E-state index in [-0.39, 0.29) is 17.1 Å². The molecule has 2 heterocycles. The van der Waals surface area contributed by atoms with Gasteiger partial charge in [0.05, 0.1) is 6.04 Å². The molecule has 0 radical (unpaired) electrons. The molecule has 0 unspecified atom stereocenters. The van der Waals surface area contributed by atoms with E-state index in [1.807, 2.05) is 30.3 Å². The SMILES string of the molecule is O=C(Nc1cccc(F)c1)c1nnc([C@H]2CCCN2C(=O)NCCc2ccccc2)s1. The zero-order valence-electron chi connectivity index (χ0n) is 16.8. The number of carbonyl (C=O) groups is 2. The molecule has 0 bridgehead atoms. The lowest BCUT2D eigenvalue weighted by Crippen LogP contribution is -2.40. The van der Waals surface area contributed by atoms with Crippen LogP contribution in [0.5, 0.6) is 0 Å². The maximum atomic E-state index is 13.3. The van der Waals surface area contributed by atoms with Crippen LogP contribution in [0.15, 0.2) is 54.6 Å². The number of urea groups is 1. The molecule has 1 aliphatic rings. The van der Waals surface area contributed by atoms with E-state index in [4.69, 9.17) is 0 Å². The lowest BCUT2D eigenvalue weighted by Gasteiger charge is -2.23. The van der Waals surface area contributed by atoms with Crippen LogP contribution in [0, 0.1) is 5.82 Å². The molecule has 3 amide bonds. The number of halogens is 1. The molecular weight excluding hydrogens is 417 g/mol. The highest BCUT2D eigenvalue weighted by atomic mass is 32.1. The van der Waals surface area contributed by atoms with Crippen LogP contribution < -0.4 is 10.6 Å². The Labute approximate surface area is 183 Å². The normalized spacial score (nSPS) is 15.6. The van der Waals surface area contributed by atoms with Crippen LogP contribution in [0.4, 0.5) is 14.9 Å². The van der Waals surface area contributed by atoms with E-state index in [1.54, 1.807) is 11.0 Å². The highest BCUT2D eigenvalue weighted by Gasteiger charge is 2.33. The van der Waals surface area contributed by atoms with Gasteiger partial charge in [-0.25, -0.2) is 9.18 Å². The number of anilines is 1. The average Bonchev–Trinajstić information content (AvgIpc) is 3.44. The van der Waals surface area contributed by atoms with Gasteiger partial charge in [-0.1, -0.05) is 47.7 Å². The van der Waals surface area contributed by atoms with Gasteiger partial charge in [0, 0.05) is 18.8 Å². The molecule has 0 spiro atoms. The van der Waals surface area contributed by atoms with Crippen molar-refractivity contribution in [2.75, 3.05) is 18.4 Å². The number of hydrogen-bond donors (Lipinski definition) is 2. The molecule has 1 atom stereocenters. The van der Waals surface area contributed by atoms with Crippen LogP contribution in [0.25, 0.3) is 0 Å². The third-order valence-electron chi connectivity index (χ3n) is 5.05. The minimum absolute atomic E-state index is 0.139. The van der Waals surface area contributed by atoms with Gasteiger partial charge in [-0.2, -0.15) is 0 Å². The van der Waals surface area contributed by atoms with E-state index in [1.165, 1.54) is 23.8 Å². The van der Waals surface area contributed by atoms with E-state index in [2.05, 4.69) is 20.8 Å². The molecule has 7 nitrogen and oxygen atoms in total. The maximum Gasteiger partial charge on any atom is 0.318 e. The van der Waals surface area contributed by atoms with Gasteiger partial charge >= 0.3 is 6.03 Å². The predicted octanol–water partition coefficient (Wildman–Crippen LogP) is 4.02. The van der Waals surface area contributed by atoms with Crippen molar-refractivity contribution in [1.82, 2.24) is 20.4 Å². The molecule has 1 aromatic heterocycles. The van der Waals surface area contributed by atoms with Crippen molar-refractivity contribution in [3.63, 3.8) is 0 Å². The standard InChI is InChI=1S/C22H22FN5O2S/c23-16-8-4-9-17(14-16)25-19(29)21-27-26-20(31-21)18-10-5-13-28(18)22(30)24-12-11-15-6-2-1-3-7-15/h1-4,6-9,14,18H,5,10-13H2,(H,24,30)(H,25,29)/t18-/m1/s1. The number of carbonyl (C=O) groups excluding carboxylic acids is 2. The number of benzene rings is 2. The molecular formula is C22H22FN5O2S. The van der Waals surface area contributed by atoms with Crippen molar-refractivity contribution in [2.24, 2.45) is 0 Å². The fourth-order valence-corrected chi connectivity index (χ4v) is 4.42. The van der Waals surface area contributed by atoms with Crippen molar-refractivity contribution in [3.8, 4) is 0 Å². The first kappa shape index (κ1) is 20.9. The Balaban J connectivity index is 1.35. The second-order valence-electron chi connectivity index (χ2n) is 7.23. The molecule has 1 saturated heterocycles. The summed E-state index contributed by atoms with van der Waals surface area (Å²) in [7, 11) is 0. The average molecular weight is 440 g/mol. The fourth-order valence-electron chi connectivity index (χ4n) is 3.54. The van der Waals surface area contributed by atoms with Crippen LogP contribution in [-0.4, -0.2) is 40.1 Å². The van der Waals surface area contributed by atoms with Crippen molar-refractivity contribution >= 4 is 29.0 Å². The number of aromatic nitrogens is 2. The smallest absolute Gasteiger partial charge is 0.318 e. The van der Waals surface area contributed by atoms with Gasteiger partial charge in [0.25, 0.3) is 5.91 Å². The van der Waals surface area contributed by atoms with Crippen molar-refractivity contribution in [1.29, 1.82) is 0 Å². The Kier molecular flexibility index (Phi) is 6.51. The molecule has 4 rings (SSSR count). The molecule has 0 aliphatic carbocycles. The van der Waals surface area contributed by atoms with Crippen LogP contribution in [0.1, 0.15) is 39.3 Å².